The summed E-state index contributed by atoms with van der Waals surface area (Å²) in [6.07, 6.45) is 9.84. The number of fused-ring (bicyclic) bond motifs is 7. The molecular weight excluding hydrogens is 917 g/mol. The van der Waals surface area contributed by atoms with Crippen molar-refractivity contribution >= 4 is 125 Å². The van der Waals surface area contributed by atoms with Crippen LogP contribution >= 0.6 is 0 Å². The molecule has 0 bridgehead atoms. The molecule has 0 amide bonds. The summed E-state index contributed by atoms with van der Waals surface area (Å²) in [7, 11) is -4.42. The van der Waals surface area contributed by atoms with Gasteiger partial charge in [-0.15, -0.1) is 0 Å². The molecule has 9 aromatic carbocycles. The largest absolute Gasteiger partial charge is 0.456 e. The highest BCUT2D eigenvalue weighted by Gasteiger charge is 2.47. The highest BCUT2D eigenvalue weighted by Crippen LogP contribution is 2.53. The highest BCUT2D eigenvalue weighted by atomic mass is 28.3. The summed E-state index contributed by atoms with van der Waals surface area (Å²) in [5.74, 6) is 0.624. The first-order chi connectivity index (χ1) is 35.7. The molecule has 3 nitrogen and oxygen atoms in total. The monoisotopic (exact) mass is 991 g/mol. The minimum Gasteiger partial charge on any atom is -0.456 e. The van der Waals surface area contributed by atoms with Gasteiger partial charge in [-0.2, -0.15) is 0 Å². The third-order valence-electron chi connectivity index (χ3n) is 17.7. The fourth-order valence-corrected chi connectivity index (χ4v) is 25.7. The SMILES string of the molecule is CCCC[Si]1(CCCC)c2ccccc2N(c2cc(C(C)C)c3ccc4c(N5c6ccccc6[Si](CCCC)(CCCC)c6cc7c(cc65)oc5ccccc57)cc(C(C)C)c5ccc2c3c54)c2ccccc21. The number of rotatable bonds is 16. The predicted molar refractivity (Wildman–Crippen MR) is 324 cm³/mol. The van der Waals surface area contributed by atoms with E-state index < -0.39 is 16.1 Å². The normalized spacial score (nSPS) is 14.8. The van der Waals surface area contributed by atoms with Crippen LogP contribution in [0.25, 0.3) is 54.3 Å². The molecule has 10 aromatic rings. The van der Waals surface area contributed by atoms with Crippen LogP contribution in [0.2, 0.25) is 24.2 Å². The maximum atomic E-state index is 6.86. The maximum absolute atomic E-state index is 6.86. The molecule has 0 aliphatic carbocycles. The first-order valence-corrected chi connectivity index (χ1v) is 33.1. The molecule has 370 valence electrons. The molecule has 1 aromatic heterocycles. The van der Waals surface area contributed by atoms with Crippen LogP contribution in [-0.4, -0.2) is 16.1 Å². The Bertz CT molecular complexity index is 3630. The van der Waals surface area contributed by atoms with E-state index >= 15 is 0 Å². The second-order valence-electron chi connectivity index (χ2n) is 22.6. The van der Waals surface area contributed by atoms with Gasteiger partial charge in [0.2, 0.25) is 0 Å². The number of benzene rings is 9. The summed E-state index contributed by atoms with van der Waals surface area (Å²) in [6, 6.07) is 62.9. The summed E-state index contributed by atoms with van der Waals surface area (Å²) in [5, 5.41) is 17.1. The lowest BCUT2D eigenvalue weighted by molar-refractivity contribution is 0.669. The molecule has 0 spiro atoms. The molecule has 2 aliphatic heterocycles. The Kier molecular flexibility index (Phi) is 12.4. The number of anilines is 6. The summed E-state index contributed by atoms with van der Waals surface area (Å²) in [4.78, 5) is 5.42. The highest BCUT2D eigenvalue weighted by molar-refractivity contribution is 7.05. The minimum absolute atomic E-state index is 0.303. The summed E-state index contributed by atoms with van der Waals surface area (Å²) in [5.41, 5.74) is 12.8. The standard InChI is InChI=1S/C68H74N2OSi2/c1-9-13-37-72(38-14-10-2)63-30-22-18-26-55(63)69(56-27-19-23-31-64(56)72)58-41-52(45(5)6)48-34-36-51-59(42-53(46(7)8)49-33-35-50(58)67(48)68(49)51)70-57-28-20-24-32-65(57)73(39-15-11-3,40-16-12-4)66-43-54-47-25-17-21-29-61(47)71-62(54)44-60(66)70/h17-36,41-46H,9-16,37-40H2,1-8H3. The van der Waals surface area contributed by atoms with Crippen molar-refractivity contribution in [3.63, 3.8) is 0 Å². The van der Waals surface area contributed by atoms with E-state index in [4.69, 9.17) is 4.42 Å². The summed E-state index contributed by atoms with van der Waals surface area (Å²) in [6.45, 7) is 19.1. The fraction of sp³-hybridized carbons (Fsp3) is 0.324. The average Bonchev–Trinajstić information content (AvgIpc) is 3.79. The maximum Gasteiger partial charge on any atom is 0.137 e. The lowest BCUT2D eigenvalue weighted by atomic mass is 9.84. The van der Waals surface area contributed by atoms with Crippen molar-refractivity contribution in [3.05, 3.63) is 157 Å². The predicted octanol–water partition coefficient (Wildman–Crippen LogP) is 18.6. The van der Waals surface area contributed by atoms with Crippen LogP contribution in [0, 0.1) is 0 Å². The van der Waals surface area contributed by atoms with E-state index in [1.54, 1.807) is 20.7 Å². The first-order valence-electron chi connectivity index (χ1n) is 28.3. The van der Waals surface area contributed by atoms with E-state index in [9.17, 15) is 0 Å². The Morgan fingerprint density at radius 3 is 1.21 bits per heavy atom. The smallest absolute Gasteiger partial charge is 0.137 e. The Morgan fingerprint density at radius 1 is 0.356 bits per heavy atom. The van der Waals surface area contributed by atoms with Gasteiger partial charge in [0.25, 0.3) is 0 Å². The van der Waals surface area contributed by atoms with Crippen LogP contribution in [0.1, 0.15) is 130 Å². The van der Waals surface area contributed by atoms with Crippen molar-refractivity contribution in [1.82, 2.24) is 0 Å². The molecule has 2 aliphatic rings. The van der Waals surface area contributed by atoms with Crippen molar-refractivity contribution in [3.8, 4) is 0 Å². The second kappa shape index (κ2) is 19.0. The number of unbranched alkanes of at least 4 members (excludes halogenated alkanes) is 4. The molecule has 3 heterocycles. The molecule has 0 N–H and O–H groups in total. The van der Waals surface area contributed by atoms with E-state index in [0.717, 1.165) is 11.2 Å². The topological polar surface area (TPSA) is 19.6 Å². The lowest BCUT2D eigenvalue weighted by Gasteiger charge is -2.45. The van der Waals surface area contributed by atoms with E-state index in [1.807, 2.05) is 0 Å². The van der Waals surface area contributed by atoms with Crippen LogP contribution in [-0.2, 0) is 0 Å². The van der Waals surface area contributed by atoms with Crippen molar-refractivity contribution in [2.24, 2.45) is 0 Å². The molecule has 5 heteroatoms. The fourth-order valence-electron chi connectivity index (χ4n) is 14.2. The molecule has 12 rings (SSSR count). The van der Waals surface area contributed by atoms with Crippen molar-refractivity contribution in [1.29, 1.82) is 0 Å². The first kappa shape index (κ1) is 47.8. The van der Waals surface area contributed by atoms with E-state index in [2.05, 4.69) is 211 Å². The van der Waals surface area contributed by atoms with Gasteiger partial charge in [-0.25, -0.2) is 0 Å². The number of para-hydroxylation sites is 4. The lowest BCUT2D eigenvalue weighted by Crippen LogP contribution is -2.62. The molecule has 0 saturated heterocycles. The molecule has 73 heavy (non-hydrogen) atoms. The van der Waals surface area contributed by atoms with E-state index in [1.165, 1.54) is 164 Å². The molecule has 0 atom stereocenters. The van der Waals surface area contributed by atoms with E-state index in [0.29, 0.717) is 11.8 Å². The molecule has 0 saturated carbocycles. The minimum atomic E-state index is -2.30. The van der Waals surface area contributed by atoms with Crippen LogP contribution in [0.4, 0.5) is 34.1 Å². The number of nitrogens with zero attached hydrogens (tertiary/aromatic N) is 2. The van der Waals surface area contributed by atoms with Crippen molar-refractivity contribution < 1.29 is 4.42 Å². The molecule has 0 fully saturated rings. The van der Waals surface area contributed by atoms with Crippen LogP contribution < -0.4 is 30.5 Å². The van der Waals surface area contributed by atoms with Gasteiger partial charge in [0.05, 0.1) is 11.4 Å². The Labute approximate surface area is 436 Å². The van der Waals surface area contributed by atoms with Gasteiger partial charge in [0, 0.05) is 50.4 Å². The number of hydrogen-bond donors (Lipinski definition) is 0. The number of furan rings is 1. The third kappa shape index (κ3) is 7.29. The Morgan fingerprint density at radius 2 is 0.753 bits per heavy atom. The zero-order chi connectivity index (χ0) is 50.2. The van der Waals surface area contributed by atoms with Gasteiger partial charge in [-0.05, 0) is 132 Å². The van der Waals surface area contributed by atoms with E-state index in [-0.39, 0.29) is 0 Å². The number of hydrogen-bond acceptors (Lipinski definition) is 3. The van der Waals surface area contributed by atoms with Gasteiger partial charge in [0.1, 0.15) is 27.3 Å². The van der Waals surface area contributed by atoms with Crippen molar-refractivity contribution in [2.75, 3.05) is 9.80 Å². The van der Waals surface area contributed by atoms with Gasteiger partial charge in [-0.3, -0.25) is 0 Å². The molecular formula is C68H74N2OSi2. The van der Waals surface area contributed by atoms with Gasteiger partial charge in [0.15, 0.2) is 0 Å². The third-order valence-corrected chi connectivity index (χ3v) is 28.3. The van der Waals surface area contributed by atoms with Gasteiger partial charge < -0.3 is 14.2 Å². The van der Waals surface area contributed by atoms with Crippen LogP contribution in [0.5, 0.6) is 0 Å². The quantitative estimate of drug-likeness (QED) is 0.0710. The van der Waals surface area contributed by atoms with Gasteiger partial charge >= 0.3 is 0 Å². The van der Waals surface area contributed by atoms with Gasteiger partial charge in [-0.1, -0.05) is 204 Å². The second-order valence-corrected chi connectivity index (χ2v) is 31.1. The molecule has 0 radical (unpaired) electrons. The molecule has 0 unspecified atom stereocenters. The Hall–Kier alpha value is -6.15. The zero-order valence-electron chi connectivity index (χ0n) is 44.8. The van der Waals surface area contributed by atoms with Crippen LogP contribution in [0.15, 0.2) is 150 Å². The summed E-state index contributed by atoms with van der Waals surface area (Å²) >= 11 is 0. The zero-order valence-corrected chi connectivity index (χ0v) is 46.8. The Balaban J connectivity index is 1.18. The van der Waals surface area contributed by atoms with Crippen molar-refractivity contribution in [2.45, 2.75) is 143 Å². The van der Waals surface area contributed by atoms with Crippen LogP contribution in [0.3, 0.4) is 0 Å². The summed E-state index contributed by atoms with van der Waals surface area (Å²) < 4.78 is 6.86. The average molecular weight is 992 g/mol.